The second-order valence-electron chi connectivity index (χ2n) is 4.88. The number of rotatable bonds is 0. The van der Waals surface area contributed by atoms with Crippen molar-refractivity contribution < 1.29 is 21.6 Å². The summed E-state index contributed by atoms with van der Waals surface area (Å²) in [6.07, 6.45) is -3.91. The van der Waals surface area contributed by atoms with E-state index in [9.17, 15) is 21.6 Å². The van der Waals surface area contributed by atoms with Crippen LogP contribution in [-0.2, 0) is 16.0 Å². The number of sulfone groups is 1. The quantitative estimate of drug-likeness (QED) is 0.763. The number of alkyl halides is 3. The van der Waals surface area contributed by atoms with E-state index in [0.29, 0.717) is 31.9 Å². The molecule has 110 valence electrons. The van der Waals surface area contributed by atoms with Gasteiger partial charge in [0.15, 0.2) is 9.84 Å². The standard InChI is InChI=1S/C11H12F3N3O2S/c12-11(13,14)7-3-9-10(16-4-7)17-2-1-15-5-8(17)6-20(9,18)19/h3-4,8,15H,1-2,5-6H2. The number of piperazine rings is 1. The fourth-order valence-electron chi connectivity index (χ4n) is 2.57. The molecule has 1 aromatic heterocycles. The first-order valence-electron chi connectivity index (χ1n) is 6.06. The van der Waals surface area contributed by atoms with Gasteiger partial charge in [-0.15, -0.1) is 0 Å². The van der Waals surface area contributed by atoms with E-state index in [1.165, 1.54) is 0 Å². The summed E-state index contributed by atoms with van der Waals surface area (Å²) in [5.41, 5.74) is -1.03. The van der Waals surface area contributed by atoms with Crippen LogP contribution in [0.3, 0.4) is 0 Å². The van der Waals surface area contributed by atoms with Crippen molar-refractivity contribution in [2.45, 2.75) is 17.1 Å². The van der Waals surface area contributed by atoms with Crippen LogP contribution in [0.1, 0.15) is 5.56 Å². The molecule has 0 radical (unpaired) electrons. The number of pyridine rings is 1. The lowest BCUT2D eigenvalue weighted by Gasteiger charge is -2.40. The van der Waals surface area contributed by atoms with Crippen molar-refractivity contribution in [2.75, 3.05) is 30.3 Å². The first kappa shape index (κ1) is 13.6. The van der Waals surface area contributed by atoms with Crippen molar-refractivity contribution >= 4 is 15.7 Å². The highest BCUT2D eigenvalue weighted by Gasteiger charge is 2.40. The lowest BCUT2D eigenvalue weighted by Crippen LogP contribution is -2.56. The van der Waals surface area contributed by atoms with E-state index in [4.69, 9.17) is 0 Å². The van der Waals surface area contributed by atoms with E-state index >= 15 is 0 Å². The molecule has 0 aromatic carbocycles. The predicted octanol–water partition coefficient (Wildman–Crippen LogP) is 0.666. The summed E-state index contributed by atoms with van der Waals surface area (Å²) in [6, 6.07) is 0.418. The van der Waals surface area contributed by atoms with Gasteiger partial charge in [-0.05, 0) is 6.07 Å². The molecule has 0 amide bonds. The number of fused-ring (bicyclic) bond motifs is 3. The predicted molar refractivity (Wildman–Crippen MR) is 65.3 cm³/mol. The normalized spacial score (nSPS) is 24.9. The summed E-state index contributed by atoms with van der Waals surface area (Å²) < 4.78 is 62.3. The molecule has 1 unspecified atom stereocenters. The van der Waals surface area contributed by atoms with Gasteiger partial charge >= 0.3 is 6.18 Å². The molecule has 1 N–H and O–H groups in total. The maximum Gasteiger partial charge on any atom is 0.417 e. The van der Waals surface area contributed by atoms with Crippen LogP contribution in [0.2, 0.25) is 0 Å². The van der Waals surface area contributed by atoms with Crippen LogP contribution in [0.5, 0.6) is 0 Å². The molecule has 0 bridgehead atoms. The molecule has 20 heavy (non-hydrogen) atoms. The van der Waals surface area contributed by atoms with E-state index < -0.39 is 21.6 Å². The van der Waals surface area contributed by atoms with Gasteiger partial charge in [0.1, 0.15) is 10.7 Å². The topological polar surface area (TPSA) is 62.3 Å². The molecule has 5 nitrogen and oxygen atoms in total. The van der Waals surface area contributed by atoms with Crippen LogP contribution < -0.4 is 10.2 Å². The minimum absolute atomic E-state index is 0.135. The molecule has 1 fully saturated rings. The van der Waals surface area contributed by atoms with Crippen molar-refractivity contribution in [3.8, 4) is 0 Å². The molecule has 1 atom stereocenters. The lowest BCUT2D eigenvalue weighted by molar-refractivity contribution is -0.138. The van der Waals surface area contributed by atoms with Gasteiger partial charge in [-0.25, -0.2) is 13.4 Å². The summed E-state index contributed by atoms with van der Waals surface area (Å²) >= 11 is 0. The van der Waals surface area contributed by atoms with Crippen molar-refractivity contribution in [3.63, 3.8) is 0 Å². The summed E-state index contributed by atoms with van der Waals surface area (Å²) in [4.78, 5) is 5.22. The number of hydrogen-bond donors (Lipinski definition) is 1. The van der Waals surface area contributed by atoms with Crippen molar-refractivity contribution in [1.82, 2.24) is 10.3 Å². The highest BCUT2D eigenvalue weighted by Crippen LogP contribution is 2.37. The molecular formula is C11H12F3N3O2S. The average Bonchev–Trinajstić information content (AvgIpc) is 2.37. The Balaban J connectivity index is 2.14. The number of nitrogens with zero attached hydrogens (tertiary/aromatic N) is 2. The molecule has 3 heterocycles. The number of nitrogens with one attached hydrogen (secondary N) is 1. The molecule has 2 aliphatic heterocycles. The first-order chi connectivity index (χ1) is 9.29. The van der Waals surface area contributed by atoms with E-state index in [1.807, 2.05) is 0 Å². The molecule has 0 aliphatic carbocycles. The molecular weight excluding hydrogens is 295 g/mol. The number of anilines is 1. The van der Waals surface area contributed by atoms with E-state index in [0.717, 1.165) is 0 Å². The van der Waals surface area contributed by atoms with Crippen LogP contribution >= 0.6 is 0 Å². The van der Waals surface area contributed by atoms with E-state index in [-0.39, 0.29) is 22.5 Å². The van der Waals surface area contributed by atoms with Crippen molar-refractivity contribution in [1.29, 1.82) is 0 Å². The maximum atomic E-state index is 12.7. The first-order valence-corrected chi connectivity index (χ1v) is 7.71. The van der Waals surface area contributed by atoms with Crippen LogP contribution in [0.25, 0.3) is 0 Å². The number of hydrogen-bond acceptors (Lipinski definition) is 5. The molecule has 2 aliphatic rings. The van der Waals surface area contributed by atoms with Gasteiger partial charge in [-0.2, -0.15) is 13.2 Å². The monoisotopic (exact) mass is 307 g/mol. The zero-order chi connectivity index (χ0) is 14.5. The lowest BCUT2D eigenvalue weighted by atomic mass is 10.2. The summed E-state index contributed by atoms with van der Waals surface area (Å²) in [5.74, 6) is -0.0496. The Labute approximate surface area is 113 Å². The maximum absolute atomic E-state index is 12.7. The third-order valence-corrected chi connectivity index (χ3v) is 5.32. The Morgan fingerprint density at radius 2 is 2.15 bits per heavy atom. The zero-order valence-electron chi connectivity index (χ0n) is 10.3. The molecule has 9 heteroatoms. The van der Waals surface area contributed by atoms with Gasteiger partial charge in [-0.1, -0.05) is 0 Å². The fourth-order valence-corrected chi connectivity index (χ4v) is 4.31. The third kappa shape index (κ3) is 2.14. The highest BCUT2D eigenvalue weighted by molar-refractivity contribution is 7.91. The fraction of sp³-hybridized carbons (Fsp3) is 0.545. The Bertz CT molecular complexity index is 645. The van der Waals surface area contributed by atoms with Gasteiger partial charge in [-0.3, -0.25) is 0 Å². The van der Waals surface area contributed by atoms with Crippen LogP contribution in [0.4, 0.5) is 19.0 Å². The molecule has 1 aromatic rings. The molecule has 0 saturated carbocycles. The number of halogens is 3. The third-order valence-electron chi connectivity index (χ3n) is 3.53. The van der Waals surface area contributed by atoms with Gasteiger partial charge in [0.05, 0.1) is 17.4 Å². The zero-order valence-corrected chi connectivity index (χ0v) is 11.1. The Hall–Kier alpha value is -1.35. The summed E-state index contributed by atoms with van der Waals surface area (Å²) in [5, 5.41) is 3.07. The highest BCUT2D eigenvalue weighted by atomic mass is 32.2. The number of aromatic nitrogens is 1. The van der Waals surface area contributed by atoms with E-state index in [1.54, 1.807) is 4.90 Å². The van der Waals surface area contributed by atoms with Gasteiger partial charge < -0.3 is 10.2 Å². The van der Waals surface area contributed by atoms with Gasteiger partial charge in [0.2, 0.25) is 0 Å². The van der Waals surface area contributed by atoms with Gasteiger partial charge in [0, 0.05) is 25.8 Å². The smallest absolute Gasteiger partial charge is 0.349 e. The molecule has 0 spiro atoms. The van der Waals surface area contributed by atoms with Crippen molar-refractivity contribution in [2.24, 2.45) is 0 Å². The van der Waals surface area contributed by atoms with E-state index in [2.05, 4.69) is 10.3 Å². The largest absolute Gasteiger partial charge is 0.417 e. The van der Waals surface area contributed by atoms with Gasteiger partial charge in [0.25, 0.3) is 0 Å². The summed E-state index contributed by atoms with van der Waals surface area (Å²) in [6.45, 7) is 1.67. The Morgan fingerprint density at radius 1 is 1.40 bits per heavy atom. The van der Waals surface area contributed by atoms with Crippen LogP contribution in [-0.4, -0.2) is 44.8 Å². The van der Waals surface area contributed by atoms with Crippen molar-refractivity contribution in [3.05, 3.63) is 17.8 Å². The second-order valence-corrected chi connectivity index (χ2v) is 6.88. The second kappa shape index (κ2) is 4.32. The minimum Gasteiger partial charge on any atom is -0.349 e. The minimum atomic E-state index is -4.60. The molecule has 1 saturated heterocycles. The molecule has 3 rings (SSSR count). The summed E-state index contributed by atoms with van der Waals surface area (Å²) in [7, 11) is -3.74. The van der Waals surface area contributed by atoms with Crippen LogP contribution in [0.15, 0.2) is 17.2 Å². The Morgan fingerprint density at radius 3 is 2.85 bits per heavy atom. The van der Waals surface area contributed by atoms with Crippen LogP contribution in [0, 0.1) is 0 Å². The average molecular weight is 307 g/mol. The Kier molecular flexibility index (Phi) is 2.94. The SMILES string of the molecule is O=S1(=O)CC2CNCCN2c2ncc(C(F)(F)F)cc21.